The van der Waals surface area contributed by atoms with E-state index >= 15 is 0 Å². The minimum absolute atomic E-state index is 0.134. The maximum Gasteiger partial charge on any atom is 0.276 e. The van der Waals surface area contributed by atoms with Crippen molar-refractivity contribution in [3.63, 3.8) is 0 Å². The summed E-state index contributed by atoms with van der Waals surface area (Å²) in [7, 11) is 5.06. The van der Waals surface area contributed by atoms with Crippen LogP contribution in [0.1, 0.15) is 67.6 Å². The Balaban J connectivity index is 0.899. The number of imide groups is 1. The number of carbonyl (C=O) groups is 3. The first-order valence-electron chi connectivity index (χ1n) is 18.4. The number of aryl methyl sites for hydroxylation is 1. The topological polar surface area (TPSA) is 139 Å². The normalized spacial score (nSPS) is 19.2. The van der Waals surface area contributed by atoms with Crippen LogP contribution in [0.15, 0.2) is 53.6 Å². The van der Waals surface area contributed by atoms with E-state index in [1.165, 1.54) is 5.56 Å². The van der Waals surface area contributed by atoms with Gasteiger partial charge in [-0.05, 0) is 92.3 Å². The lowest BCUT2D eigenvalue weighted by atomic mass is 9.86. The van der Waals surface area contributed by atoms with E-state index < -0.39 is 0 Å². The number of rotatable bonds is 10. The lowest BCUT2D eigenvalue weighted by Gasteiger charge is -2.35. The molecule has 1 atom stereocenters. The highest BCUT2D eigenvalue weighted by Gasteiger charge is 2.30. The molecule has 2 aromatic carbocycles. The van der Waals surface area contributed by atoms with Crippen LogP contribution < -0.4 is 20.3 Å². The number of aromatic nitrogens is 3. The number of likely N-dealkylation sites (tertiary alicyclic amines) is 2. The fourth-order valence-corrected chi connectivity index (χ4v) is 8.23. The van der Waals surface area contributed by atoms with E-state index in [-0.39, 0.29) is 29.2 Å². The Bertz CT molecular complexity index is 1980. The summed E-state index contributed by atoms with van der Waals surface area (Å²) in [5.41, 5.74) is 5.44. The van der Waals surface area contributed by atoms with Gasteiger partial charge in [0.15, 0.2) is 0 Å². The summed E-state index contributed by atoms with van der Waals surface area (Å²) in [4.78, 5) is 54.1. The number of benzene rings is 2. The maximum absolute atomic E-state index is 13.4. The van der Waals surface area contributed by atoms with Crippen molar-refractivity contribution in [2.75, 3.05) is 40.4 Å². The molecule has 0 aliphatic carbocycles. The molecule has 4 aromatic rings. The second-order valence-electron chi connectivity index (χ2n) is 14.6. The van der Waals surface area contributed by atoms with Crippen molar-refractivity contribution in [1.82, 2.24) is 29.9 Å². The van der Waals surface area contributed by atoms with Crippen LogP contribution in [0.5, 0.6) is 11.5 Å². The van der Waals surface area contributed by atoms with Crippen molar-refractivity contribution in [1.29, 1.82) is 0 Å². The molecule has 3 aliphatic rings. The first-order valence-corrected chi connectivity index (χ1v) is 18.4. The van der Waals surface area contributed by atoms with Gasteiger partial charge in [-0.25, -0.2) is 0 Å². The molecule has 52 heavy (non-hydrogen) atoms. The van der Waals surface area contributed by atoms with E-state index in [1.54, 1.807) is 32.0 Å². The second kappa shape index (κ2) is 15.3. The highest BCUT2D eigenvalue weighted by atomic mass is 16.5. The van der Waals surface area contributed by atoms with Crippen molar-refractivity contribution < 1.29 is 23.9 Å². The number of piperidine rings is 3. The van der Waals surface area contributed by atoms with Crippen molar-refractivity contribution in [2.45, 2.75) is 63.8 Å². The quantitative estimate of drug-likeness (QED) is 0.229. The zero-order chi connectivity index (χ0) is 36.4. The van der Waals surface area contributed by atoms with E-state index in [9.17, 15) is 19.2 Å². The molecule has 0 spiro atoms. The van der Waals surface area contributed by atoms with Crippen LogP contribution in [0.2, 0.25) is 0 Å². The molecule has 7 rings (SSSR count). The van der Waals surface area contributed by atoms with Crippen molar-refractivity contribution in [3.05, 3.63) is 75.8 Å². The number of fused-ring (bicyclic) bond motifs is 1. The summed E-state index contributed by atoms with van der Waals surface area (Å²) >= 11 is 0. The molecule has 2 N–H and O–H groups in total. The van der Waals surface area contributed by atoms with E-state index in [1.807, 2.05) is 18.3 Å². The summed E-state index contributed by atoms with van der Waals surface area (Å²) in [5.74, 6) is 2.02. The molecule has 0 bridgehead atoms. The van der Waals surface area contributed by atoms with Crippen molar-refractivity contribution in [3.8, 4) is 22.6 Å². The van der Waals surface area contributed by atoms with Gasteiger partial charge in [0.1, 0.15) is 17.0 Å². The van der Waals surface area contributed by atoms with Crippen molar-refractivity contribution in [2.24, 2.45) is 18.9 Å². The molecule has 12 nitrogen and oxygen atoms in total. The van der Waals surface area contributed by atoms with Crippen LogP contribution in [0.25, 0.3) is 22.0 Å². The average molecular weight is 709 g/mol. The van der Waals surface area contributed by atoms with Gasteiger partial charge in [0.2, 0.25) is 17.7 Å². The minimum atomic E-state index is -0.179. The Hall–Kier alpha value is -4.97. The van der Waals surface area contributed by atoms with Crippen molar-refractivity contribution >= 4 is 28.6 Å². The summed E-state index contributed by atoms with van der Waals surface area (Å²) in [5, 5.41) is 10.1. The zero-order valence-electron chi connectivity index (χ0n) is 30.3. The molecular formula is C40H48N6O6. The molecule has 3 amide bonds. The summed E-state index contributed by atoms with van der Waals surface area (Å²) in [6.07, 6.45) is 9.58. The van der Waals surface area contributed by atoms with Crippen LogP contribution in [0.3, 0.4) is 0 Å². The molecule has 12 heteroatoms. The smallest absolute Gasteiger partial charge is 0.276 e. The summed E-state index contributed by atoms with van der Waals surface area (Å²) < 4.78 is 13.3. The number of aromatic amines is 1. The van der Waals surface area contributed by atoms with Crippen LogP contribution in [-0.4, -0.2) is 82.7 Å². The van der Waals surface area contributed by atoms with E-state index in [4.69, 9.17) is 9.47 Å². The fourth-order valence-electron chi connectivity index (χ4n) is 8.23. The first kappa shape index (κ1) is 35.4. The Labute approximate surface area is 303 Å². The largest absolute Gasteiger partial charge is 0.496 e. The summed E-state index contributed by atoms with van der Waals surface area (Å²) in [6.45, 7) is 4.02. The number of pyridine rings is 1. The van der Waals surface area contributed by atoms with Gasteiger partial charge in [-0.3, -0.25) is 34.5 Å². The molecule has 5 heterocycles. The molecule has 0 saturated carbocycles. The van der Waals surface area contributed by atoms with Gasteiger partial charge in [-0.2, -0.15) is 5.10 Å². The minimum Gasteiger partial charge on any atom is -0.496 e. The second-order valence-corrected chi connectivity index (χ2v) is 14.6. The number of hydrogen-bond acceptors (Lipinski definition) is 8. The summed E-state index contributed by atoms with van der Waals surface area (Å²) in [6, 6.07) is 12.6. The third kappa shape index (κ3) is 7.48. The monoisotopic (exact) mass is 708 g/mol. The van der Waals surface area contributed by atoms with E-state index in [0.29, 0.717) is 49.6 Å². The van der Waals surface area contributed by atoms with Crippen LogP contribution in [0.4, 0.5) is 0 Å². The van der Waals surface area contributed by atoms with E-state index in [0.717, 1.165) is 91.0 Å². The van der Waals surface area contributed by atoms with Crippen LogP contribution >= 0.6 is 0 Å². The molecule has 3 fully saturated rings. The number of hydrogen-bond donors (Lipinski definition) is 2. The third-order valence-corrected chi connectivity index (χ3v) is 11.4. The molecule has 3 saturated heterocycles. The molecule has 0 radical (unpaired) electrons. The lowest BCUT2D eigenvalue weighted by molar-refractivity contribution is -0.136. The highest BCUT2D eigenvalue weighted by molar-refractivity contribution is 5.98. The maximum atomic E-state index is 13.4. The van der Waals surface area contributed by atoms with Gasteiger partial charge in [-0.15, -0.1) is 0 Å². The predicted molar refractivity (Wildman–Crippen MR) is 197 cm³/mol. The molecular weight excluding hydrogens is 660 g/mol. The Morgan fingerprint density at radius 2 is 1.62 bits per heavy atom. The van der Waals surface area contributed by atoms with Gasteiger partial charge in [0, 0.05) is 62.6 Å². The Morgan fingerprint density at radius 3 is 2.27 bits per heavy atom. The van der Waals surface area contributed by atoms with Gasteiger partial charge < -0.3 is 18.9 Å². The van der Waals surface area contributed by atoms with Gasteiger partial charge in [0.05, 0.1) is 26.0 Å². The van der Waals surface area contributed by atoms with Gasteiger partial charge in [-0.1, -0.05) is 24.3 Å². The lowest BCUT2D eigenvalue weighted by Crippen LogP contribution is -2.41. The fraction of sp³-hybridized carbons (Fsp3) is 0.475. The Morgan fingerprint density at radius 1 is 0.923 bits per heavy atom. The predicted octanol–water partition coefficient (Wildman–Crippen LogP) is 4.55. The van der Waals surface area contributed by atoms with Crippen LogP contribution in [0, 0.1) is 11.8 Å². The third-order valence-electron chi connectivity index (χ3n) is 11.4. The van der Waals surface area contributed by atoms with Gasteiger partial charge in [0.25, 0.3) is 5.56 Å². The first-order chi connectivity index (χ1) is 25.2. The number of methoxy groups -OCH3 is 2. The Kier molecular flexibility index (Phi) is 10.4. The number of ether oxygens (including phenoxy) is 2. The number of amides is 3. The highest BCUT2D eigenvalue weighted by Crippen LogP contribution is 2.38. The van der Waals surface area contributed by atoms with E-state index in [2.05, 4.69) is 49.6 Å². The number of nitrogens with zero attached hydrogens (tertiary/aromatic N) is 4. The SMILES string of the molecule is COc1cc(-c2cn(C)c(=O)c3[nH]ncc23)cc(OC)c1CN1CCC(CC(=O)N2CCC(c3ccc(CC4CCC(=O)NC4=O)cc3)CC2)CC1. The average Bonchev–Trinajstić information content (AvgIpc) is 3.66. The standard InChI is InChI=1S/C40H48N6O6/c1-44-23-32(31-22-41-43-38(31)40(44)50)30-20-34(51-2)33(35(21-30)52-3)24-45-14-10-26(11-15-45)19-37(48)46-16-12-28(13-17-46)27-6-4-25(5-7-27)18-29-8-9-36(47)42-39(29)49/h4-7,20-23,26,28-29H,8-19,24H2,1-3H3,(H,41,43)(H,42,47,49). The number of carbonyl (C=O) groups excluding carboxylic acids is 3. The zero-order valence-corrected chi connectivity index (χ0v) is 30.3. The molecule has 2 aromatic heterocycles. The molecule has 3 aliphatic heterocycles. The number of H-pyrrole nitrogens is 1. The van der Waals surface area contributed by atoms with Crippen LogP contribution in [-0.2, 0) is 34.4 Å². The molecule has 274 valence electrons. The molecule has 1 unspecified atom stereocenters. The number of nitrogens with one attached hydrogen (secondary N) is 2. The van der Waals surface area contributed by atoms with Gasteiger partial charge >= 0.3 is 0 Å².